The van der Waals surface area contributed by atoms with Gasteiger partial charge in [-0.25, -0.2) is 4.98 Å². The topological polar surface area (TPSA) is 65.2 Å². The van der Waals surface area contributed by atoms with Gasteiger partial charge in [0, 0.05) is 0 Å². The summed E-state index contributed by atoms with van der Waals surface area (Å²) < 4.78 is 42.3. The molecule has 1 aromatic rings. The Morgan fingerprint density at radius 2 is 2.17 bits per heavy atom. The number of rotatable bonds is 5. The van der Waals surface area contributed by atoms with Crippen LogP contribution in [-0.4, -0.2) is 17.5 Å². The minimum atomic E-state index is -4.60. The smallest absolute Gasteiger partial charge is 0.433 e. The number of nitrogens with two attached hydrogens (primary N) is 1. The van der Waals surface area contributed by atoms with Crippen molar-refractivity contribution in [1.29, 1.82) is 0 Å². The average molecular weight is 260 g/mol. The molecule has 98 valence electrons. The number of ether oxygens (including phenoxy) is 1. The Morgan fingerprint density at radius 3 is 2.67 bits per heavy atom. The molecule has 0 aliphatic carbocycles. The van der Waals surface area contributed by atoms with E-state index >= 15 is 0 Å². The summed E-state index contributed by atoms with van der Waals surface area (Å²) in [5.41, 5.74) is 3.69. The average Bonchev–Trinajstić information content (AvgIpc) is 2.27. The maximum absolute atomic E-state index is 12.4. The molecular formula is C11H11F3N2O2. The van der Waals surface area contributed by atoms with Gasteiger partial charge in [0.2, 0.25) is 5.88 Å². The quantitative estimate of drug-likeness (QED) is 0.651. The lowest BCUT2D eigenvalue weighted by atomic mass is 10.2. The molecular weight excluding hydrogens is 249 g/mol. The second-order valence-corrected chi connectivity index (χ2v) is 3.34. The number of aromatic nitrogens is 1. The highest BCUT2D eigenvalue weighted by Gasteiger charge is 2.33. The van der Waals surface area contributed by atoms with Crippen molar-refractivity contribution in [3.05, 3.63) is 36.0 Å². The van der Waals surface area contributed by atoms with Gasteiger partial charge in [-0.1, -0.05) is 6.08 Å². The van der Waals surface area contributed by atoms with Crippen molar-refractivity contribution in [2.24, 2.45) is 5.73 Å². The van der Waals surface area contributed by atoms with E-state index < -0.39 is 23.7 Å². The highest BCUT2D eigenvalue weighted by molar-refractivity contribution is 5.95. The van der Waals surface area contributed by atoms with Gasteiger partial charge in [-0.05, 0) is 18.6 Å². The molecule has 0 saturated carbocycles. The van der Waals surface area contributed by atoms with E-state index in [1.54, 1.807) is 0 Å². The van der Waals surface area contributed by atoms with E-state index in [1.165, 1.54) is 6.08 Å². The van der Waals surface area contributed by atoms with Gasteiger partial charge in [-0.15, -0.1) is 6.58 Å². The standard InChI is InChI=1S/C11H11F3N2O2/c1-2-3-6-18-10-7(9(15)17)4-5-8(16-10)11(12,13)14/h2,4-5H,1,3,6H2,(H2,15,17). The van der Waals surface area contributed by atoms with Gasteiger partial charge in [-0.2, -0.15) is 13.2 Å². The first-order chi connectivity index (χ1) is 8.36. The lowest BCUT2D eigenvalue weighted by molar-refractivity contribution is -0.141. The Labute approximate surface area is 101 Å². The van der Waals surface area contributed by atoms with Crippen molar-refractivity contribution in [2.45, 2.75) is 12.6 Å². The van der Waals surface area contributed by atoms with Crippen LogP contribution in [0.1, 0.15) is 22.5 Å². The molecule has 0 aromatic carbocycles. The van der Waals surface area contributed by atoms with E-state index in [4.69, 9.17) is 10.5 Å². The van der Waals surface area contributed by atoms with Crippen molar-refractivity contribution in [3.8, 4) is 5.88 Å². The van der Waals surface area contributed by atoms with Gasteiger partial charge >= 0.3 is 6.18 Å². The highest BCUT2D eigenvalue weighted by Crippen LogP contribution is 2.30. The van der Waals surface area contributed by atoms with Crippen LogP contribution in [0.2, 0.25) is 0 Å². The summed E-state index contributed by atoms with van der Waals surface area (Å²) in [7, 11) is 0. The Balaban J connectivity index is 3.07. The number of alkyl halides is 3. The van der Waals surface area contributed by atoms with Crippen LogP contribution < -0.4 is 10.5 Å². The van der Waals surface area contributed by atoms with Gasteiger partial charge in [0.1, 0.15) is 11.3 Å². The van der Waals surface area contributed by atoms with Gasteiger partial charge in [0.15, 0.2) is 0 Å². The van der Waals surface area contributed by atoms with E-state index in [2.05, 4.69) is 11.6 Å². The minimum absolute atomic E-state index is 0.0676. The fraction of sp³-hybridized carbons (Fsp3) is 0.273. The fourth-order valence-corrected chi connectivity index (χ4v) is 1.13. The summed E-state index contributed by atoms with van der Waals surface area (Å²) in [5.74, 6) is -1.32. The zero-order valence-electron chi connectivity index (χ0n) is 9.33. The minimum Gasteiger partial charge on any atom is -0.477 e. The number of carbonyl (C=O) groups is 1. The Bertz CT molecular complexity index is 458. The number of hydrogen-bond acceptors (Lipinski definition) is 3. The Morgan fingerprint density at radius 1 is 1.50 bits per heavy atom. The molecule has 0 bridgehead atoms. The van der Waals surface area contributed by atoms with Crippen LogP contribution in [0.5, 0.6) is 5.88 Å². The third-order valence-corrected chi connectivity index (χ3v) is 1.98. The molecule has 1 aromatic heterocycles. The second-order valence-electron chi connectivity index (χ2n) is 3.34. The molecule has 1 amide bonds. The predicted octanol–water partition coefficient (Wildman–Crippen LogP) is 2.15. The molecule has 0 aliphatic rings. The molecule has 0 atom stereocenters. The zero-order chi connectivity index (χ0) is 13.8. The molecule has 18 heavy (non-hydrogen) atoms. The first-order valence-electron chi connectivity index (χ1n) is 4.98. The van der Waals surface area contributed by atoms with Crippen molar-refractivity contribution >= 4 is 5.91 Å². The van der Waals surface area contributed by atoms with Crippen LogP contribution in [-0.2, 0) is 6.18 Å². The van der Waals surface area contributed by atoms with E-state index in [1.807, 2.05) is 0 Å². The van der Waals surface area contributed by atoms with Crippen LogP contribution in [0.3, 0.4) is 0 Å². The number of amides is 1. The first kappa shape index (κ1) is 14.0. The van der Waals surface area contributed by atoms with Crippen LogP contribution in [0.4, 0.5) is 13.2 Å². The molecule has 0 unspecified atom stereocenters. The monoisotopic (exact) mass is 260 g/mol. The summed E-state index contributed by atoms with van der Waals surface area (Å²) in [6, 6.07) is 1.63. The summed E-state index contributed by atoms with van der Waals surface area (Å²) >= 11 is 0. The third-order valence-electron chi connectivity index (χ3n) is 1.98. The molecule has 7 heteroatoms. The van der Waals surface area contributed by atoms with Crippen LogP contribution in [0.25, 0.3) is 0 Å². The van der Waals surface area contributed by atoms with Gasteiger partial charge in [-0.3, -0.25) is 4.79 Å². The third kappa shape index (κ3) is 3.47. The number of primary amides is 1. The van der Waals surface area contributed by atoms with Crippen molar-refractivity contribution < 1.29 is 22.7 Å². The normalized spacial score (nSPS) is 11.1. The highest BCUT2D eigenvalue weighted by atomic mass is 19.4. The molecule has 0 fully saturated rings. The van der Waals surface area contributed by atoms with Crippen molar-refractivity contribution in [2.75, 3.05) is 6.61 Å². The summed E-state index contributed by atoms with van der Waals surface area (Å²) in [5, 5.41) is 0. The molecule has 4 nitrogen and oxygen atoms in total. The largest absolute Gasteiger partial charge is 0.477 e. The van der Waals surface area contributed by atoms with Gasteiger partial charge in [0.25, 0.3) is 5.91 Å². The first-order valence-corrected chi connectivity index (χ1v) is 4.98. The molecule has 0 radical (unpaired) electrons. The van der Waals surface area contributed by atoms with Gasteiger partial charge < -0.3 is 10.5 Å². The zero-order valence-corrected chi connectivity index (χ0v) is 9.33. The van der Waals surface area contributed by atoms with Crippen molar-refractivity contribution in [1.82, 2.24) is 4.98 Å². The van der Waals surface area contributed by atoms with E-state index in [0.29, 0.717) is 12.5 Å². The van der Waals surface area contributed by atoms with Crippen LogP contribution >= 0.6 is 0 Å². The second kappa shape index (κ2) is 5.52. The number of hydrogen-bond donors (Lipinski definition) is 1. The maximum Gasteiger partial charge on any atom is 0.433 e. The molecule has 0 saturated heterocycles. The Kier molecular flexibility index (Phi) is 4.30. The lowest BCUT2D eigenvalue weighted by Crippen LogP contribution is -2.17. The van der Waals surface area contributed by atoms with Gasteiger partial charge in [0.05, 0.1) is 6.61 Å². The van der Waals surface area contributed by atoms with Crippen molar-refractivity contribution in [3.63, 3.8) is 0 Å². The molecule has 0 aliphatic heterocycles. The van der Waals surface area contributed by atoms with E-state index in [9.17, 15) is 18.0 Å². The summed E-state index contributed by atoms with van der Waals surface area (Å²) in [6.45, 7) is 3.50. The fourth-order valence-electron chi connectivity index (χ4n) is 1.13. The van der Waals surface area contributed by atoms with Crippen LogP contribution in [0, 0.1) is 0 Å². The summed E-state index contributed by atoms with van der Waals surface area (Å²) in [4.78, 5) is 14.3. The predicted molar refractivity (Wildman–Crippen MR) is 58.1 cm³/mol. The molecule has 2 N–H and O–H groups in total. The van der Waals surface area contributed by atoms with Crippen LogP contribution in [0.15, 0.2) is 24.8 Å². The molecule has 0 spiro atoms. The Hall–Kier alpha value is -2.05. The van der Waals surface area contributed by atoms with E-state index in [-0.39, 0.29) is 12.2 Å². The van der Waals surface area contributed by atoms with E-state index in [0.717, 1.165) is 6.07 Å². The number of pyridine rings is 1. The number of carbonyl (C=O) groups excluding carboxylic acids is 1. The SMILES string of the molecule is C=CCCOc1nc(C(F)(F)F)ccc1C(N)=O. The molecule has 1 heterocycles. The number of halogens is 3. The maximum atomic E-state index is 12.4. The lowest BCUT2D eigenvalue weighted by Gasteiger charge is -2.11. The number of nitrogens with zero attached hydrogens (tertiary/aromatic N) is 1. The molecule has 1 rings (SSSR count). The summed E-state index contributed by atoms with van der Waals surface area (Å²) in [6.07, 6.45) is -2.67.